The molecule has 1 aromatic heterocycles. The van der Waals surface area contributed by atoms with E-state index in [1.54, 1.807) is 38.1 Å². The van der Waals surface area contributed by atoms with Crippen LogP contribution in [0.15, 0.2) is 54.1 Å². The van der Waals surface area contributed by atoms with Gasteiger partial charge in [0.25, 0.3) is 5.78 Å². The number of carbonyl (C=O) groups is 3. The van der Waals surface area contributed by atoms with Gasteiger partial charge in [0.1, 0.15) is 16.4 Å². The van der Waals surface area contributed by atoms with Gasteiger partial charge in [-0.05, 0) is 49.9 Å². The lowest BCUT2D eigenvalue weighted by Gasteiger charge is -2.23. The van der Waals surface area contributed by atoms with E-state index in [1.165, 1.54) is 4.90 Å². The number of hydrogen-bond donors (Lipinski definition) is 1. The third-order valence-corrected chi connectivity index (χ3v) is 7.61. The second-order valence-electron chi connectivity index (χ2n) is 9.13. The summed E-state index contributed by atoms with van der Waals surface area (Å²) in [4.78, 5) is 45.4. The summed E-state index contributed by atoms with van der Waals surface area (Å²) in [6.45, 7) is 8.18. The summed E-state index contributed by atoms with van der Waals surface area (Å²) in [7, 11) is 0. The van der Waals surface area contributed by atoms with Gasteiger partial charge in [0.2, 0.25) is 0 Å². The average molecular weight is 549 g/mol. The van der Waals surface area contributed by atoms with Crippen LogP contribution in [0.4, 0.5) is 5.13 Å². The number of nitrogens with zero attached hydrogens (tertiary/aromatic N) is 2. The van der Waals surface area contributed by atoms with Crippen LogP contribution in [0, 0.1) is 6.92 Å². The molecule has 3 aromatic rings. The van der Waals surface area contributed by atoms with Crippen LogP contribution < -0.4 is 9.64 Å². The van der Waals surface area contributed by atoms with Gasteiger partial charge >= 0.3 is 11.9 Å². The Bertz CT molecular complexity index is 1410. The van der Waals surface area contributed by atoms with Gasteiger partial charge in [-0.2, -0.15) is 0 Å². The number of esters is 1. The predicted molar refractivity (Wildman–Crippen MR) is 150 cm³/mol. The van der Waals surface area contributed by atoms with Crippen LogP contribution in [-0.2, 0) is 20.7 Å². The van der Waals surface area contributed by atoms with Gasteiger partial charge < -0.3 is 14.6 Å². The quantitative estimate of drug-likeness (QED) is 0.109. The average Bonchev–Trinajstić information content (AvgIpc) is 3.45. The number of hydrogen-bond acceptors (Lipinski definition) is 8. The van der Waals surface area contributed by atoms with Crippen molar-refractivity contribution in [2.75, 3.05) is 18.1 Å². The molecule has 0 radical (unpaired) electrons. The second kappa shape index (κ2) is 12.3. The van der Waals surface area contributed by atoms with E-state index in [1.807, 2.05) is 31.2 Å². The highest BCUT2D eigenvalue weighted by Gasteiger charge is 2.48. The number of aromatic nitrogens is 1. The number of anilines is 1. The number of unbranched alkanes of at least 4 members (excludes halogenated alkanes) is 1. The lowest BCUT2D eigenvalue weighted by molar-refractivity contribution is -0.132. The number of amides is 1. The number of carbonyl (C=O) groups excluding carboxylic acids is 3. The van der Waals surface area contributed by atoms with Gasteiger partial charge in [0.05, 0.1) is 30.5 Å². The van der Waals surface area contributed by atoms with Crippen molar-refractivity contribution in [2.45, 2.75) is 53.0 Å². The lowest BCUT2D eigenvalue weighted by atomic mass is 9.94. The Hall–Kier alpha value is -3.98. The van der Waals surface area contributed by atoms with E-state index in [2.05, 4.69) is 11.9 Å². The molecular weight excluding hydrogens is 516 g/mol. The van der Waals surface area contributed by atoms with Gasteiger partial charge in [-0.15, -0.1) is 0 Å². The number of thiazole rings is 1. The van der Waals surface area contributed by atoms with E-state index in [0.29, 0.717) is 29.2 Å². The number of aliphatic hydroxyl groups excluding tert-OH is 1. The molecule has 1 unspecified atom stereocenters. The van der Waals surface area contributed by atoms with Crippen LogP contribution >= 0.6 is 11.3 Å². The monoisotopic (exact) mass is 548 g/mol. The molecule has 1 amide bonds. The highest BCUT2D eigenvalue weighted by molar-refractivity contribution is 7.17. The maximum absolute atomic E-state index is 13.5. The fraction of sp³-hybridized carbons (Fsp3) is 0.333. The number of benzene rings is 2. The molecule has 4 rings (SSSR count). The van der Waals surface area contributed by atoms with Crippen molar-refractivity contribution in [3.05, 3.63) is 81.4 Å². The van der Waals surface area contributed by atoms with Crippen LogP contribution in [-0.4, -0.2) is 41.0 Å². The van der Waals surface area contributed by atoms with Gasteiger partial charge in [-0.1, -0.05) is 68.0 Å². The van der Waals surface area contributed by atoms with Gasteiger partial charge in [-0.25, -0.2) is 9.78 Å². The van der Waals surface area contributed by atoms with Crippen LogP contribution in [0.1, 0.15) is 71.7 Å². The highest BCUT2D eigenvalue weighted by atomic mass is 32.1. The van der Waals surface area contributed by atoms with Gasteiger partial charge in [-0.3, -0.25) is 14.5 Å². The summed E-state index contributed by atoms with van der Waals surface area (Å²) < 4.78 is 10.9. The molecule has 0 saturated carbocycles. The number of ether oxygens (including phenoxy) is 2. The topological polar surface area (TPSA) is 106 Å². The molecule has 1 atom stereocenters. The molecule has 0 bridgehead atoms. The first-order valence-corrected chi connectivity index (χ1v) is 13.9. The number of Topliss-reactive ketones (excluding diaryl/α,β-unsaturated/α-hetero) is 1. The Morgan fingerprint density at radius 2 is 1.85 bits per heavy atom. The Labute approximate surface area is 231 Å². The van der Waals surface area contributed by atoms with Crippen molar-refractivity contribution in [3.8, 4) is 5.75 Å². The molecule has 8 nitrogen and oxygen atoms in total. The molecular formula is C30H32N2O6S. The second-order valence-corrected chi connectivity index (χ2v) is 10.1. The first-order valence-electron chi connectivity index (χ1n) is 13.1. The molecule has 39 heavy (non-hydrogen) atoms. The number of aryl methyl sites for hydroxylation is 2. The number of rotatable bonds is 10. The van der Waals surface area contributed by atoms with Crippen molar-refractivity contribution in [1.82, 2.24) is 4.98 Å². The molecule has 1 aliphatic rings. The molecule has 1 fully saturated rings. The summed E-state index contributed by atoms with van der Waals surface area (Å²) in [6, 6.07) is 13.4. The minimum atomic E-state index is -0.943. The van der Waals surface area contributed by atoms with Crippen molar-refractivity contribution < 1.29 is 29.0 Å². The van der Waals surface area contributed by atoms with Crippen molar-refractivity contribution in [3.63, 3.8) is 0 Å². The standard InChI is InChI=1S/C30H32N2O6S/c1-5-8-16-38-22-11-9-10-21(17-22)25(33)23-24(20-14-12-19(6-2)13-15-20)32(28(35)26(23)34)30-31-18(4)27(39-30)29(36)37-7-3/h9-15,17,24,33H,5-8,16H2,1-4H3. The minimum Gasteiger partial charge on any atom is -0.507 e. The maximum Gasteiger partial charge on any atom is 0.350 e. The molecule has 1 saturated heterocycles. The molecule has 204 valence electrons. The maximum atomic E-state index is 13.5. The predicted octanol–water partition coefficient (Wildman–Crippen LogP) is 6.00. The number of ketones is 1. The van der Waals surface area contributed by atoms with Crippen LogP contribution in [0.3, 0.4) is 0 Å². The molecule has 1 aliphatic heterocycles. The van der Waals surface area contributed by atoms with E-state index >= 15 is 0 Å². The zero-order valence-corrected chi connectivity index (χ0v) is 23.3. The van der Waals surface area contributed by atoms with E-state index in [-0.39, 0.29) is 27.9 Å². The first-order chi connectivity index (χ1) is 18.8. The zero-order chi connectivity index (χ0) is 28.1. The molecule has 0 aliphatic carbocycles. The lowest BCUT2D eigenvalue weighted by Crippen LogP contribution is -2.29. The van der Waals surface area contributed by atoms with Crippen LogP contribution in [0.2, 0.25) is 0 Å². The number of aliphatic hydroxyl groups is 1. The Balaban J connectivity index is 1.85. The Morgan fingerprint density at radius 1 is 1.10 bits per heavy atom. The Kier molecular flexibility index (Phi) is 8.81. The van der Waals surface area contributed by atoms with Crippen molar-refractivity contribution in [2.24, 2.45) is 0 Å². The van der Waals surface area contributed by atoms with Gasteiger partial charge in [0, 0.05) is 5.56 Å². The SMILES string of the molecule is CCCCOc1cccc(C(O)=C2C(=O)C(=O)N(c3nc(C)c(C(=O)OCC)s3)C2c2ccc(CC)cc2)c1. The highest BCUT2D eigenvalue weighted by Crippen LogP contribution is 2.44. The van der Waals surface area contributed by atoms with Crippen LogP contribution in [0.25, 0.3) is 5.76 Å². The fourth-order valence-corrected chi connectivity index (χ4v) is 5.36. The van der Waals surface area contributed by atoms with E-state index < -0.39 is 23.7 Å². The Morgan fingerprint density at radius 3 is 2.51 bits per heavy atom. The summed E-state index contributed by atoms with van der Waals surface area (Å²) in [6.07, 6.45) is 2.68. The van der Waals surface area contributed by atoms with Crippen LogP contribution in [0.5, 0.6) is 5.75 Å². The normalized spacial score (nSPS) is 16.5. The molecule has 2 aromatic carbocycles. The summed E-state index contributed by atoms with van der Waals surface area (Å²) in [5, 5.41) is 11.6. The third-order valence-electron chi connectivity index (χ3n) is 6.47. The molecule has 2 heterocycles. The molecule has 1 N–H and O–H groups in total. The van der Waals surface area contributed by atoms with E-state index in [9.17, 15) is 19.5 Å². The summed E-state index contributed by atoms with van der Waals surface area (Å²) >= 11 is 0.983. The largest absolute Gasteiger partial charge is 0.507 e. The minimum absolute atomic E-state index is 0.0551. The van der Waals surface area contributed by atoms with Gasteiger partial charge in [0.15, 0.2) is 5.13 Å². The summed E-state index contributed by atoms with van der Waals surface area (Å²) in [5.41, 5.74) is 2.42. The summed E-state index contributed by atoms with van der Waals surface area (Å²) in [5.74, 6) is -1.96. The molecule has 9 heteroatoms. The third kappa shape index (κ3) is 5.73. The zero-order valence-electron chi connectivity index (χ0n) is 22.5. The smallest absolute Gasteiger partial charge is 0.350 e. The fourth-order valence-electron chi connectivity index (χ4n) is 4.38. The molecule has 0 spiro atoms. The van der Waals surface area contributed by atoms with Crippen molar-refractivity contribution in [1.29, 1.82) is 0 Å². The van der Waals surface area contributed by atoms with E-state index in [0.717, 1.165) is 36.2 Å². The first kappa shape index (κ1) is 28.0. The van der Waals surface area contributed by atoms with Crippen molar-refractivity contribution >= 4 is 39.9 Å². The van der Waals surface area contributed by atoms with E-state index in [4.69, 9.17) is 9.47 Å².